The van der Waals surface area contributed by atoms with Gasteiger partial charge in [0.05, 0.1) is 11.8 Å². The predicted molar refractivity (Wildman–Crippen MR) is 67.5 cm³/mol. The highest BCUT2D eigenvalue weighted by atomic mass is 35.5. The van der Waals surface area contributed by atoms with Gasteiger partial charge in [-0.3, -0.25) is 4.79 Å². The van der Waals surface area contributed by atoms with E-state index in [0.717, 1.165) is 17.7 Å². The lowest BCUT2D eigenvalue weighted by molar-refractivity contribution is 0.102. The number of hydrogen-bond acceptors (Lipinski definition) is 2. The fourth-order valence-electron chi connectivity index (χ4n) is 1.60. The summed E-state index contributed by atoms with van der Waals surface area (Å²) in [5.74, 6) is -0.260. The van der Waals surface area contributed by atoms with E-state index in [1.54, 1.807) is 6.07 Å². The normalized spacial score (nSPS) is 10.2. The highest BCUT2D eigenvalue weighted by Crippen LogP contribution is 2.20. The molecule has 88 valence electrons. The maximum Gasteiger partial charge on any atom is 0.260 e. The number of rotatable bonds is 3. The summed E-state index contributed by atoms with van der Waals surface area (Å²) < 4.78 is 4.88. The van der Waals surface area contributed by atoms with Crippen molar-refractivity contribution in [2.75, 3.05) is 5.32 Å². The zero-order chi connectivity index (χ0) is 12.3. The molecule has 2 rings (SSSR count). The van der Waals surface area contributed by atoms with Gasteiger partial charge < -0.3 is 9.73 Å². The standard InChI is InChI=1S/C13H12ClNO2/c1-2-9-5-3-4-6-11(9)15-13(16)10-7-8-17-12(10)14/h3-8H,2H2,1H3,(H,15,16). The van der Waals surface area contributed by atoms with Gasteiger partial charge in [0, 0.05) is 5.69 Å². The highest BCUT2D eigenvalue weighted by molar-refractivity contribution is 6.32. The molecule has 0 atom stereocenters. The number of carbonyl (C=O) groups excluding carboxylic acids is 1. The average Bonchev–Trinajstić information content (AvgIpc) is 2.76. The van der Waals surface area contributed by atoms with Crippen LogP contribution in [0.4, 0.5) is 5.69 Å². The van der Waals surface area contributed by atoms with Gasteiger partial charge in [-0.05, 0) is 35.7 Å². The van der Waals surface area contributed by atoms with Gasteiger partial charge in [0.2, 0.25) is 5.22 Å². The molecule has 1 aromatic heterocycles. The summed E-state index contributed by atoms with van der Waals surface area (Å²) in [6.45, 7) is 2.04. The Labute approximate surface area is 104 Å². The van der Waals surface area contributed by atoms with Crippen LogP contribution in [0.25, 0.3) is 0 Å². The van der Waals surface area contributed by atoms with Crippen LogP contribution in [-0.2, 0) is 6.42 Å². The van der Waals surface area contributed by atoms with Crippen molar-refractivity contribution in [1.82, 2.24) is 0 Å². The summed E-state index contributed by atoms with van der Waals surface area (Å²) in [7, 11) is 0. The van der Waals surface area contributed by atoms with E-state index in [9.17, 15) is 4.79 Å². The van der Waals surface area contributed by atoms with E-state index in [1.165, 1.54) is 6.26 Å². The number of nitrogens with one attached hydrogen (secondary N) is 1. The van der Waals surface area contributed by atoms with Crippen LogP contribution in [0.2, 0.25) is 5.22 Å². The molecule has 1 N–H and O–H groups in total. The quantitative estimate of drug-likeness (QED) is 0.900. The molecule has 0 saturated heterocycles. The minimum atomic E-state index is -0.260. The Balaban J connectivity index is 2.22. The van der Waals surface area contributed by atoms with Crippen molar-refractivity contribution < 1.29 is 9.21 Å². The van der Waals surface area contributed by atoms with Gasteiger partial charge in [-0.15, -0.1) is 0 Å². The Kier molecular flexibility index (Phi) is 3.49. The van der Waals surface area contributed by atoms with Crippen LogP contribution < -0.4 is 5.32 Å². The largest absolute Gasteiger partial charge is 0.452 e. The van der Waals surface area contributed by atoms with Crippen molar-refractivity contribution in [1.29, 1.82) is 0 Å². The number of hydrogen-bond donors (Lipinski definition) is 1. The molecule has 0 fully saturated rings. The van der Waals surface area contributed by atoms with E-state index in [1.807, 2.05) is 31.2 Å². The molecule has 0 spiro atoms. The van der Waals surface area contributed by atoms with Crippen LogP contribution in [0.5, 0.6) is 0 Å². The lowest BCUT2D eigenvalue weighted by atomic mass is 10.1. The molecular formula is C13H12ClNO2. The second kappa shape index (κ2) is 5.06. The molecule has 3 nitrogen and oxygen atoms in total. The molecule has 1 aromatic carbocycles. The summed E-state index contributed by atoms with van der Waals surface area (Å²) in [6.07, 6.45) is 2.25. The molecule has 4 heteroatoms. The van der Waals surface area contributed by atoms with Crippen molar-refractivity contribution in [2.45, 2.75) is 13.3 Å². The van der Waals surface area contributed by atoms with Gasteiger partial charge >= 0.3 is 0 Å². The number of carbonyl (C=O) groups is 1. The topological polar surface area (TPSA) is 42.2 Å². The second-order valence-corrected chi connectivity index (χ2v) is 3.92. The second-order valence-electron chi connectivity index (χ2n) is 3.57. The molecule has 0 saturated carbocycles. The molecule has 17 heavy (non-hydrogen) atoms. The molecule has 0 aliphatic heterocycles. The first kappa shape index (κ1) is 11.7. The van der Waals surface area contributed by atoms with Gasteiger partial charge in [0.15, 0.2) is 0 Å². The number of amides is 1. The van der Waals surface area contributed by atoms with Crippen molar-refractivity contribution in [2.24, 2.45) is 0 Å². The first-order valence-electron chi connectivity index (χ1n) is 5.34. The van der Waals surface area contributed by atoms with Gasteiger partial charge in [0.1, 0.15) is 0 Å². The van der Waals surface area contributed by atoms with Crippen molar-refractivity contribution >= 4 is 23.2 Å². The van der Waals surface area contributed by atoms with Gasteiger partial charge in [-0.1, -0.05) is 25.1 Å². The lowest BCUT2D eigenvalue weighted by Crippen LogP contribution is -2.12. The van der Waals surface area contributed by atoms with Crippen LogP contribution in [0.3, 0.4) is 0 Å². The SMILES string of the molecule is CCc1ccccc1NC(=O)c1ccoc1Cl. The molecule has 1 heterocycles. The van der Waals surface area contributed by atoms with E-state index in [2.05, 4.69) is 5.32 Å². The maximum atomic E-state index is 11.9. The zero-order valence-corrected chi connectivity index (χ0v) is 10.1. The number of benzene rings is 1. The fraction of sp³-hybridized carbons (Fsp3) is 0.154. The molecule has 2 aromatic rings. The summed E-state index contributed by atoms with van der Waals surface area (Å²) in [5, 5.41) is 2.93. The average molecular weight is 250 g/mol. The van der Waals surface area contributed by atoms with E-state index < -0.39 is 0 Å². The number of anilines is 1. The summed E-state index contributed by atoms with van der Waals surface area (Å²) in [5.41, 5.74) is 2.23. The van der Waals surface area contributed by atoms with Crippen LogP contribution in [-0.4, -0.2) is 5.91 Å². The maximum absolute atomic E-state index is 11.9. The molecule has 0 aliphatic rings. The third-order valence-electron chi connectivity index (χ3n) is 2.51. The van der Waals surface area contributed by atoms with Crippen LogP contribution in [0.1, 0.15) is 22.8 Å². The molecule has 0 bridgehead atoms. The van der Waals surface area contributed by atoms with E-state index in [4.69, 9.17) is 16.0 Å². The monoisotopic (exact) mass is 249 g/mol. The summed E-state index contributed by atoms with van der Waals surface area (Å²) in [4.78, 5) is 11.9. The van der Waals surface area contributed by atoms with Crippen LogP contribution >= 0.6 is 11.6 Å². The number of para-hydroxylation sites is 1. The van der Waals surface area contributed by atoms with Gasteiger partial charge in [-0.2, -0.15) is 0 Å². The summed E-state index contributed by atoms with van der Waals surface area (Å²) in [6, 6.07) is 9.22. The Bertz CT molecular complexity index is 534. The molecule has 0 aliphatic carbocycles. The Morgan fingerprint density at radius 1 is 1.35 bits per heavy atom. The van der Waals surface area contributed by atoms with Crippen LogP contribution in [0, 0.1) is 0 Å². The number of aryl methyl sites for hydroxylation is 1. The van der Waals surface area contributed by atoms with Gasteiger partial charge in [0.25, 0.3) is 5.91 Å². The number of halogens is 1. The lowest BCUT2D eigenvalue weighted by Gasteiger charge is -2.08. The zero-order valence-electron chi connectivity index (χ0n) is 9.37. The first-order chi connectivity index (χ1) is 8.22. The third-order valence-corrected chi connectivity index (χ3v) is 2.80. The van der Waals surface area contributed by atoms with Gasteiger partial charge in [-0.25, -0.2) is 0 Å². The predicted octanol–water partition coefficient (Wildman–Crippen LogP) is 3.75. The van der Waals surface area contributed by atoms with Crippen molar-refractivity contribution in [3.05, 3.63) is 52.9 Å². The van der Waals surface area contributed by atoms with E-state index in [-0.39, 0.29) is 11.1 Å². The summed E-state index contributed by atoms with van der Waals surface area (Å²) >= 11 is 5.75. The fourth-order valence-corrected chi connectivity index (χ4v) is 1.80. The molecular weight excluding hydrogens is 238 g/mol. The minimum absolute atomic E-state index is 0.108. The van der Waals surface area contributed by atoms with Crippen LogP contribution in [0.15, 0.2) is 41.0 Å². The Morgan fingerprint density at radius 2 is 2.12 bits per heavy atom. The molecule has 1 amide bonds. The highest BCUT2D eigenvalue weighted by Gasteiger charge is 2.13. The van der Waals surface area contributed by atoms with Crippen molar-refractivity contribution in [3.63, 3.8) is 0 Å². The smallest absolute Gasteiger partial charge is 0.260 e. The van der Waals surface area contributed by atoms with E-state index in [0.29, 0.717) is 5.56 Å². The minimum Gasteiger partial charge on any atom is -0.452 e. The molecule has 0 radical (unpaired) electrons. The Hall–Kier alpha value is -1.74. The molecule has 0 unspecified atom stereocenters. The third kappa shape index (κ3) is 2.50. The Morgan fingerprint density at radius 3 is 2.76 bits per heavy atom. The van der Waals surface area contributed by atoms with Crippen molar-refractivity contribution in [3.8, 4) is 0 Å². The van der Waals surface area contributed by atoms with E-state index >= 15 is 0 Å². The first-order valence-corrected chi connectivity index (χ1v) is 5.72. The number of furan rings is 1.